The molecular formula is C18H25FN2O4. The highest BCUT2D eigenvalue weighted by Gasteiger charge is 2.29. The summed E-state index contributed by atoms with van der Waals surface area (Å²) in [4.78, 5) is 28.6. The van der Waals surface area contributed by atoms with Gasteiger partial charge in [-0.1, -0.05) is 6.92 Å². The second kappa shape index (κ2) is 11.2. The van der Waals surface area contributed by atoms with Crippen molar-refractivity contribution < 1.29 is 23.5 Å². The van der Waals surface area contributed by atoms with E-state index in [1.807, 2.05) is 6.92 Å². The van der Waals surface area contributed by atoms with Crippen LogP contribution < -0.4 is 5.32 Å². The lowest BCUT2D eigenvalue weighted by Gasteiger charge is -2.19. The summed E-state index contributed by atoms with van der Waals surface area (Å²) in [5.74, 6) is -2.03. The molecule has 1 rings (SSSR count). The highest BCUT2D eigenvalue weighted by atomic mass is 19.1. The van der Waals surface area contributed by atoms with Crippen LogP contribution in [0.3, 0.4) is 0 Å². The summed E-state index contributed by atoms with van der Waals surface area (Å²) in [6, 6.07) is 5.65. The summed E-state index contributed by atoms with van der Waals surface area (Å²) in [5, 5.41) is 3.00. The lowest BCUT2D eigenvalue weighted by molar-refractivity contribution is -0.152. The van der Waals surface area contributed by atoms with Crippen LogP contribution in [0.1, 0.15) is 33.6 Å². The highest BCUT2D eigenvalue weighted by Crippen LogP contribution is 2.16. The number of halogens is 1. The summed E-state index contributed by atoms with van der Waals surface area (Å²) in [7, 11) is 0. The van der Waals surface area contributed by atoms with Gasteiger partial charge in [0.2, 0.25) is 0 Å². The van der Waals surface area contributed by atoms with Crippen LogP contribution >= 0.6 is 0 Å². The van der Waals surface area contributed by atoms with Crippen LogP contribution in [-0.2, 0) is 19.1 Å². The predicted octanol–water partition coefficient (Wildman–Crippen LogP) is 3.18. The first kappa shape index (κ1) is 20.6. The Hall–Kier alpha value is -2.44. The first-order valence-electron chi connectivity index (χ1n) is 8.40. The summed E-state index contributed by atoms with van der Waals surface area (Å²) in [6.07, 6.45) is 0.590. The molecule has 0 heterocycles. The van der Waals surface area contributed by atoms with E-state index in [1.165, 1.54) is 24.3 Å². The molecular weight excluding hydrogens is 327 g/mol. The molecule has 0 aliphatic heterocycles. The maximum absolute atomic E-state index is 13.1. The molecule has 0 amide bonds. The number of ether oxygens (including phenoxy) is 2. The third-order valence-corrected chi connectivity index (χ3v) is 3.20. The number of carbonyl (C=O) groups excluding carboxylic acids is 2. The highest BCUT2D eigenvalue weighted by molar-refractivity contribution is 6.09. The topological polar surface area (TPSA) is 77.0 Å². The van der Waals surface area contributed by atoms with E-state index in [2.05, 4.69) is 10.3 Å². The molecule has 0 aliphatic carbocycles. The van der Waals surface area contributed by atoms with Gasteiger partial charge in [-0.15, -0.1) is 0 Å². The number of rotatable bonds is 9. The molecule has 0 spiro atoms. The van der Waals surface area contributed by atoms with Gasteiger partial charge in [-0.3, -0.25) is 14.6 Å². The second-order valence-electron chi connectivity index (χ2n) is 5.21. The van der Waals surface area contributed by atoms with E-state index in [-0.39, 0.29) is 25.5 Å². The Morgan fingerprint density at radius 2 is 1.76 bits per heavy atom. The molecule has 7 heteroatoms. The van der Waals surface area contributed by atoms with Crippen LogP contribution in [0.2, 0.25) is 0 Å². The third kappa shape index (κ3) is 7.32. The summed E-state index contributed by atoms with van der Waals surface area (Å²) >= 11 is 0. The van der Waals surface area contributed by atoms with Crippen LogP contribution in [0.25, 0.3) is 0 Å². The summed E-state index contributed by atoms with van der Waals surface area (Å²) < 4.78 is 23.1. The lowest BCUT2D eigenvalue weighted by Crippen LogP contribution is -2.34. The number of nitrogens with zero attached hydrogens (tertiary/aromatic N) is 1. The first-order valence-corrected chi connectivity index (χ1v) is 8.40. The van der Waals surface area contributed by atoms with E-state index in [0.29, 0.717) is 18.1 Å². The summed E-state index contributed by atoms with van der Waals surface area (Å²) in [6.45, 7) is 6.22. The van der Waals surface area contributed by atoms with Gasteiger partial charge in [-0.25, -0.2) is 4.39 Å². The minimum absolute atomic E-state index is 0.177. The molecule has 0 bridgehead atoms. The van der Waals surface area contributed by atoms with Crippen molar-refractivity contribution in [1.29, 1.82) is 0 Å². The maximum Gasteiger partial charge on any atom is 0.317 e. The Morgan fingerprint density at radius 1 is 1.12 bits per heavy atom. The van der Waals surface area contributed by atoms with Crippen LogP contribution in [0.15, 0.2) is 29.3 Å². The molecule has 138 valence electrons. The SMILES string of the molecule is CCCN=C(Nc1ccc(F)cc1)C(CC(=O)OCC)C(=O)OCC. The molecule has 0 radical (unpaired) electrons. The fourth-order valence-corrected chi connectivity index (χ4v) is 2.07. The first-order chi connectivity index (χ1) is 12.0. The molecule has 6 nitrogen and oxygen atoms in total. The fraction of sp³-hybridized carbons (Fsp3) is 0.500. The molecule has 1 aromatic rings. The van der Waals surface area contributed by atoms with E-state index in [9.17, 15) is 14.0 Å². The average Bonchev–Trinajstić information content (AvgIpc) is 2.59. The Bertz CT molecular complexity index is 587. The third-order valence-electron chi connectivity index (χ3n) is 3.20. The van der Waals surface area contributed by atoms with Crippen molar-refractivity contribution in [3.05, 3.63) is 30.1 Å². The second-order valence-corrected chi connectivity index (χ2v) is 5.21. The van der Waals surface area contributed by atoms with Gasteiger partial charge in [-0.2, -0.15) is 0 Å². The van der Waals surface area contributed by atoms with Gasteiger partial charge >= 0.3 is 11.9 Å². The molecule has 1 atom stereocenters. The number of amidine groups is 1. The van der Waals surface area contributed by atoms with Crippen LogP contribution in [0, 0.1) is 11.7 Å². The van der Waals surface area contributed by atoms with Gasteiger partial charge in [0.25, 0.3) is 0 Å². The van der Waals surface area contributed by atoms with Crippen LogP contribution in [0.5, 0.6) is 0 Å². The molecule has 0 saturated carbocycles. The molecule has 0 aliphatic rings. The number of aliphatic imine (C=N–C) groups is 1. The zero-order valence-electron chi connectivity index (χ0n) is 14.9. The quantitative estimate of drug-likeness (QED) is 0.420. The minimum Gasteiger partial charge on any atom is -0.466 e. The molecule has 0 aromatic heterocycles. The zero-order valence-corrected chi connectivity index (χ0v) is 14.9. The normalized spacial score (nSPS) is 12.4. The van der Waals surface area contributed by atoms with Crippen molar-refractivity contribution in [2.45, 2.75) is 33.6 Å². The number of hydrogen-bond donors (Lipinski definition) is 1. The van der Waals surface area contributed by atoms with Crippen LogP contribution in [0.4, 0.5) is 10.1 Å². The van der Waals surface area contributed by atoms with E-state index >= 15 is 0 Å². The van der Waals surface area contributed by atoms with Crippen molar-refractivity contribution in [3.63, 3.8) is 0 Å². The van der Waals surface area contributed by atoms with E-state index in [1.54, 1.807) is 13.8 Å². The molecule has 1 N–H and O–H groups in total. The Kier molecular flexibility index (Phi) is 9.21. The molecule has 1 aromatic carbocycles. The lowest BCUT2D eigenvalue weighted by atomic mass is 10.0. The molecule has 0 saturated heterocycles. The van der Waals surface area contributed by atoms with Crippen LogP contribution in [-0.4, -0.2) is 37.5 Å². The largest absolute Gasteiger partial charge is 0.466 e. The van der Waals surface area contributed by atoms with Gasteiger partial charge in [0.15, 0.2) is 0 Å². The predicted molar refractivity (Wildman–Crippen MR) is 94.0 cm³/mol. The van der Waals surface area contributed by atoms with E-state index < -0.39 is 17.9 Å². The van der Waals surface area contributed by atoms with Gasteiger partial charge in [0.1, 0.15) is 17.6 Å². The standard InChI is InChI=1S/C18H25FN2O4/c1-4-11-20-17(21-14-9-7-13(19)8-10-14)15(18(23)25-6-3)12-16(22)24-5-2/h7-10,15H,4-6,11-12H2,1-3H3,(H,20,21). The zero-order chi connectivity index (χ0) is 18.7. The smallest absolute Gasteiger partial charge is 0.317 e. The molecule has 25 heavy (non-hydrogen) atoms. The average molecular weight is 352 g/mol. The van der Waals surface area contributed by atoms with Crippen molar-refractivity contribution >= 4 is 23.5 Å². The monoisotopic (exact) mass is 352 g/mol. The maximum atomic E-state index is 13.1. The number of anilines is 1. The van der Waals surface area contributed by atoms with Gasteiger partial charge in [-0.05, 0) is 44.5 Å². The number of nitrogens with one attached hydrogen (secondary N) is 1. The number of benzene rings is 1. The van der Waals surface area contributed by atoms with Crippen molar-refractivity contribution in [2.75, 3.05) is 25.1 Å². The Morgan fingerprint density at radius 3 is 2.32 bits per heavy atom. The van der Waals surface area contributed by atoms with Gasteiger partial charge in [0, 0.05) is 12.2 Å². The van der Waals surface area contributed by atoms with E-state index in [4.69, 9.17) is 9.47 Å². The van der Waals surface area contributed by atoms with Crippen molar-refractivity contribution in [3.8, 4) is 0 Å². The Balaban J connectivity index is 3.06. The van der Waals surface area contributed by atoms with Gasteiger partial charge < -0.3 is 14.8 Å². The number of esters is 2. The Labute approximate surface area is 147 Å². The number of carbonyl (C=O) groups is 2. The summed E-state index contributed by atoms with van der Waals surface area (Å²) in [5.41, 5.74) is 0.564. The number of hydrogen-bond acceptors (Lipinski definition) is 5. The van der Waals surface area contributed by atoms with Crippen molar-refractivity contribution in [1.82, 2.24) is 0 Å². The van der Waals surface area contributed by atoms with Crippen molar-refractivity contribution in [2.24, 2.45) is 10.9 Å². The van der Waals surface area contributed by atoms with Gasteiger partial charge in [0.05, 0.1) is 19.6 Å². The fourth-order valence-electron chi connectivity index (χ4n) is 2.07. The molecule has 0 fully saturated rings. The minimum atomic E-state index is -0.907. The molecule has 1 unspecified atom stereocenters. The van der Waals surface area contributed by atoms with E-state index in [0.717, 1.165) is 6.42 Å².